The Hall–Kier alpha value is 0.140. The minimum absolute atomic E-state index is 0.586. The number of aryl methyl sites for hydroxylation is 1. The molecule has 2 saturated carbocycles. The Labute approximate surface area is 110 Å². The second-order valence-corrected chi connectivity index (χ2v) is 7.45. The maximum Gasteiger partial charge on any atom is 0.0441 e. The third-order valence-corrected chi connectivity index (χ3v) is 6.46. The smallest absolute Gasteiger partial charge is 0.0441 e. The van der Waals surface area contributed by atoms with Gasteiger partial charge in [-0.2, -0.15) is 0 Å². The van der Waals surface area contributed by atoms with Crippen LogP contribution in [0, 0.1) is 24.7 Å². The van der Waals surface area contributed by atoms with Crippen molar-refractivity contribution in [3.63, 3.8) is 0 Å². The molecule has 2 fully saturated rings. The minimum atomic E-state index is 0.586. The van der Waals surface area contributed by atoms with Crippen LogP contribution >= 0.6 is 27.3 Å². The van der Waals surface area contributed by atoms with Crippen molar-refractivity contribution in [3.8, 4) is 0 Å². The van der Waals surface area contributed by atoms with Crippen LogP contribution in [0.1, 0.15) is 35.1 Å². The molecule has 1 nitrogen and oxygen atoms in total. The maximum absolute atomic E-state index is 3.63. The fraction of sp³-hybridized carbons (Fsp3) is 0.692. The molecule has 88 valence electrons. The van der Waals surface area contributed by atoms with Crippen LogP contribution < -0.4 is 5.32 Å². The first-order chi connectivity index (χ1) is 7.69. The van der Waals surface area contributed by atoms with Crippen LogP contribution in [0.5, 0.6) is 0 Å². The Morgan fingerprint density at radius 3 is 2.56 bits per heavy atom. The number of rotatable bonds is 3. The van der Waals surface area contributed by atoms with Crippen LogP contribution in [-0.4, -0.2) is 7.05 Å². The highest BCUT2D eigenvalue weighted by Gasteiger charge is 2.48. The zero-order chi connectivity index (χ0) is 11.3. The average Bonchev–Trinajstić information content (AvgIpc) is 2.72. The average molecular weight is 300 g/mol. The van der Waals surface area contributed by atoms with Gasteiger partial charge in [0.2, 0.25) is 0 Å². The van der Waals surface area contributed by atoms with Gasteiger partial charge in [-0.15, -0.1) is 11.3 Å². The molecule has 0 saturated heterocycles. The molecule has 0 aliphatic heterocycles. The molecule has 0 aromatic carbocycles. The zero-order valence-electron chi connectivity index (χ0n) is 9.79. The van der Waals surface area contributed by atoms with Gasteiger partial charge in [-0.25, -0.2) is 0 Å². The number of thiophene rings is 1. The molecule has 2 aliphatic carbocycles. The lowest BCUT2D eigenvalue weighted by Gasteiger charge is -2.23. The molecule has 0 bridgehead atoms. The van der Waals surface area contributed by atoms with E-state index in [1.165, 1.54) is 33.5 Å². The normalized spacial score (nSPS) is 33.8. The standard InChI is InChI=1S/C13H18BrNS/c1-7-11(14)6-12(16-7)13(15-2)10-4-8-3-9(8)5-10/h6,8-10,13,15H,3-5H2,1-2H3. The summed E-state index contributed by atoms with van der Waals surface area (Å²) < 4.78 is 1.27. The highest BCUT2D eigenvalue weighted by atomic mass is 79.9. The first-order valence-electron chi connectivity index (χ1n) is 6.12. The molecule has 0 amide bonds. The highest BCUT2D eigenvalue weighted by molar-refractivity contribution is 9.10. The van der Waals surface area contributed by atoms with Crippen molar-refractivity contribution in [2.75, 3.05) is 7.05 Å². The van der Waals surface area contributed by atoms with Gasteiger partial charge in [0.05, 0.1) is 0 Å². The molecular weight excluding hydrogens is 282 g/mol. The fourth-order valence-electron chi connectivity index (χ4n) is 3.28. The Morgan fingerprint density at radius 1 is 1.38 bits per heavy atom. The molecule has 1 heterocycles. The van der Waals surface area contributed by atoms with Crippen molar-refractivity contribution in [1.29, 1.82) is 0 Å². The molecule has 1 aromatic rings. The molecule has 0 spiro atoms. The summed E-state index contributed by atoms with van der Waals surface area (Å²) in [7, 11) is 2.11. The Bertz CT molecular complexity index is 371. The van der Waals surface area contributed by atoms with E-state index >= 15 is 0 Å². The molecule has 3 atom stereocenters. The predicted molar refractivity (Wildman–Crippen MR) is 72.9 cm³/mol. The largest absolute Gasteiger partial charge is 0.312 e. The van der Waals surface area contributed by atoms with E-state index in [0.29, 0.717) is 6.04 Å². The van der Waals surface area contributed by atoms with E-state index in [0.717, 1.165) is 17.8 Å². The van der Waals surface area contributed by atoms with E-state index in [4.69, 9.17) is 0 Å². The van der Waals surface area contributed by atoms with Gasteiger partial charge in [-0.1, -0.05) is 0 Å². The monoisotopic (exact) mass is 299 g/mol. The number of nitrogens with one attached hydrogen (secondary N) is 1. The summed E-state index contributed by atoms with van der Waals surface area (Å²) in [5.41, 5.74) is 0. The summed E-state index contributed by atoms with van der Waals surface area (Å²) in [5.74, 6) is 3.02. The van der Waals surface area contributed by atoms with Gasteiger partial charge in [-0.3, -0.25) is 0 Å². The fourth-order valence-corrected chi connectivity index (χ4v) is 5.04. The quantitative estimate of drug-likeness (QED) is 0.885. The van der Waals surface area contributed by atoms with Crippen molar-refractivity contribution in [1.82, 2.24) is 5.32 Å². The van der Waals surface area contributed by atoms with Crippen LogP contribution in [0.2, 0.25) is 0 Å². The Balaban J connectivity index is 1.79. The van der Waals surface area contributed by atoms with Crippen LogP contribution in [-0.2, 0) is 0 Å². The van der Waals surface area contributed by atoms with Gasteiger partial charge >= 0.3 is 0 Å². The van der Waals surface area contributed by atoms with E-state index in [-0.39, 0.29) is 0 Å². The number of fused-ring (bicyclic) bond motifs is 1. The summed E-state index contributed by atoms with van der Waals surface area (Å²) in [4.78, 5) is 2.91. The number of hydrogen-bond donors (Lipinski definition) is 1. The van der Waals surface area contributed by atoms with Crippen LogP contribution in [0.25, 0.3) is 0 Å². The van der Waals surface area contributed by atoms with E-state index in [9.17, 15) is 0 Å². The summed E-state index contributed by atoms with van der Waals surface area (Å²) >= 11 is 5.57. The van der Waals surface area contributed by atoms with E-state index in [1.807, 2.05) is 11.3 Å². The second-order valence-electron chi connectivity index (χ2n) is 5.31. The van der Waals surface area contributed by atoms with E-state index < -0.39 is 0 Å². The first kappa shape index (κ1) is 11.2. The second kappa shape index (κ2) is 4.11. The minimum Gasteiger partial charge on any atom is -0.312 e. The SMILES string of the molecule is CNC(c1cc(Br)c(C)s1)C1CC2CC2C1. The first-order valence-corrected chi connectivity index (χ1v) is 7.73. The van der Waals surface area contributed by atoms with Gasteiger partial charge in [0.15, 0.2) is 0 Å². The molecule has 3 heteroatoms. The molecule has 3 rings (SSSR count). The van der Waals surface area contributed by atoms with Crippen molar-refractivity contribution in [2.45, 2.75) is 32.2 Å². The van der Waals surface area contributed by atoms with Gasteiger partial charge in [0.25, 0.3) is 0 Å². The maximum atomic E-state index is 3.63. The summed E-state index contributed by atoms with van der Waals surface area (Å²) in [6.45, 7) is 2.19. The number of halogens is 1. The summed E-state index contributed by atoms with van der Waals surface area (Å²) in [6, 6.07) is 2.90. The third kappa shape index (κ3) is 1.87. The number of hydrogen-bond acceptors (Lipinski definition) is 2. The highest BCUT2D eigenvalue weighted by Crippen LogP contribution is 2.57. The summed E-state index contributed by atoms with van der Waals surface area (Å²) in [6.07, 6.45) is 4.41. The molecule has 2 aliphatic rings. The van der Waals surface area contributed by atoms with E-state index in [1.54, 1.807) is 0 Å². The van der Waals surface area contributed by atoms with Crippen molar-refractivity contribution in [3.05, 3.63) is 20.3 Å². The lowest BCUT2D eigenvalue weighted by molar-refractivity contribution is 0.364. The third-order valence-electron chi connectivity index (χ3n) is 4.25. The predicted octanol–water partition coefficient (Wildman–Crippen LogP) is 4.13. The molecule has 16 heavy (non-hydrogen) atoms. The molecule has 1 aromatic heterocycles. The van der Waals surface area contributed by atoms with Crippen LogP contribution in [0.4, 0.5) is 0 Å². The van der Waals surface area contributed by atoms with Gasteiger partial charge in [-0.05, 0) is 73.0 Å². The van der Waals surface area contributed by atoms with Crippen LogP contribution in [0.3, 0.4) is 0 Å². The van der Waals surface area contributed by atoms with E-state index in [2.05, 4.69) is 41.3 Å². The lowest BCUT2D eigenvalue weighted by atomic mass is 9.93. The van der Waals surface area contributed by atoms with Crippen molar-refractivity contribution < 1.29 is 0 Å². The Morgan fingerprint density at radius 2 is 2.06 bits per heavy atom. The summed E-state index contributed by atoms with van der Waals surface area (Å²) in [5, 5.41) is 3.53. The van der Waals surface area contributed by atoms with Gasteiger partial charge in [0.1, 0.15) is 0 Å². The lowest BCUT2D eigenvalue weighted by Crippen LogP contribution is -2.23. The topological polar surface area (TPSA) is 12.0 Å². The molecule has 0 radical (unpaired) electrons. The molecule has 3 unspecified atom stereocenters. The molecule has 1 N–H and O–H groups in total. The van der Waals surface area contributed by atoms with Crippen LogP contribution in [0.15, 0.2) is 10.5 Å². The van der Waals surface area contributed by atoms with Crippen molar-refractivity contribution in [2.24, 2.45) is 17.8 Å². The zero-order valence-corrected chi connectivity index (χ0v) is 12.2. The van der Waals surface area contributed by atoms with Gasteiger partial charge < -0.3 is 5.32 Å². The van der Waals surface area contributed by atoms with Crippen molar-refractivity contribution >= 4 is 27.3 Å². The molecular formula is C13H18BrNS. The Kier molecular flexibility index (Phi) is 2.89. The van der Waals surface area contributed by atoms with Gasteiger partial charge in [0, 0.05) is 20.3 Å².